The number of rotatable bonds is 2. The first kappa shape index (κ1) is 10.2. The van der Waals surface area contributed by atoms with Crippen LogP contribution in [0.25, 0.3) is 0 Å². The minimum atomic E-state index is 0.305. The Hall–Kier alpha value is -1.31. The highest BCUT2D eigenvalue weighted by Crippen LogP contribution is 2.25. The summed E-state index contributed by atoms with van der Waals surface area (Å²) in [7, 11) is 0. The number of hydrogen-bond donors (Lipinski definition) is 0. The number of hydrogen-bond acceptors (Lipinski definition) is 1. The van der Waals surface area contributed by atoms with Crippen molar-refractivity contribution in [2.75, 3.05) is 0 Å². The van der Waals surface area contributed by atoms with Gasteiger partial charge >= 0.3 is 0 Å². The summed E-state index contributed by atoms with van der Waals surface area (Å²) < 4.78 is 2.23. The number of Topliss-reactive ketones (excluding diaryl/α,β-unsaturated/α-hetero) is 1. The number of aromatic nitrogens is 1. The Balaban J connectivity index is 2.46. The summed E-state index contributed by atoms with van der Waals surface area (Å²) >= 11 is 0. The highest BCUT2D eigenvalue weighted by molar-refractivity contribution is 5.98. The van der Waals surface area contributed by atoms with Gasteiger partial charge in [-0.3, -0.25) is 4.79 Å². The molecule has 80 valence electrons. The number of ketones is 1. The maximum Gasteiger partial charge on any atom is 0.164 e. The second-order valence-electron chi connectivity index (χ2n) is 4.47. The number of carbonyl (C=O) groups is 1. The van der Waals surface area contributed by atoms with Gasteiger partial charge in [-0.15, -0.1) is 0 Å². The number of carbonyl (C=O) groups excluding carboxylic acids is 1. The van der Waals surface area contributed by atoms with Crippen molar-refractivity contribution in [3.8, 4) is 0 Å². The quantitative estimate of drug-likeness (QED) is 0.677. The minimum Gasteiger partial charge on any atom is -0.344 e. The fraction of sp³-hybridized carbons (Fsp3) is 0.462. The van der Waals surface area contributed by atoms with E-state index in [1.165, 1.54) is 11.4 Å². The van der Waals surface area contributed by atoms with Crippen molar-refractivity contribution in [3.05, 3.63) is 35.2 Å². The Kier molecular flexibility index (Phi) is 2.51. The van der Waals surface area contributed by atoms with Crippen LogP contribution in [0.4, 0.5) is 0 Å². The van der Waals surface area contributed by atoms with Crippen molar-refractivity contribution in [2.24, 2.45) is 0 Å². The van der Waals surface area contributed by atoms with Gasteiger partial charge in [0.15, 0.2) is 5.78 Å². The molecular weight excluding hydrogens is 186 g/mol. The van der Waals surface area contributed by atoms with E-state index >= 15 is 0 Å². The summed E-state index contributed by atoms with van der Waals surface area (Å²) in [6, 6.07) is 2.03. The highest BCUT2D eigenvalue weighted by atomic mass is 16.1. The van der Waals surface area contributed by atoms with Crippen LogP contribution < -0.4 is 0 Å². The van der Waals surface area contributed by atoms with E-state index in [0.717, 1.165) is 30.5 Å². The Labute approximate surface area is 90.6 Å². The van der Waals surface area contributed by atoms with Gasteiger partial charge in [-0.25, -0.2) is 0 Å². The molecule has 0 atom stereocenters. The van der Waals surface area contributed by atoms with E-state index in [4.69, 9.17) is 0 Å². The van der Waals surface area contributed by atoms with E-state index in [1.807, 2.05) is 13.0 Å². The number of fused-ring (bicyclic) bond motifs is 1. The van der Waals surface area contributed by atoms with Crippen molar-refractivity contribution < 1.29 is 4.79 Å². The van der Waals surface area contributed by atoms with Gasteiger partial charge in [0, 0.05) is 29.9 Å². The zero-order valence-electron chi connectivity index (χ0n) is 9.47. The molecule has 2 nitrogen and oxygen atoms in total. The van der Waals surface area contributed by atoms with Crippen LogP contribution in [-0.4, -0.2) is 10.4 Å². The van der Waals surface area contributed by atoms with Gasteiger partial charge in [0.25, 0.3) is 0 Å². The standard InChI is InChI=1S/C13H17NO/c1-9(2)8-14-10(3)7-11-12(14)5-4-6-13(11)15/h7H,1,4-6,8H2,2-3H3. The summed E-state index contributed by atoms with van der Waals surface area (Å²) in [5.41, 5.74) is 4.47. The first-order valence-corrected chi connectivity index (χ1v) is 5.46. The zero-order chi connectivity index (χ0) is 11.0. The first-order valence-electron chi connectivity index (χ1n) is 5.46. The van der Waals surface area contributed by atoms with Crippen LogP contribution in [0.15, 0.2) is 18.2 Å². The molecule has 1 heterocycles. The highest BCUT2D eigenvalue weighted by Gasteiger charge is 2.22. The van der Waals surface area contributed by atoms with Gasteiger partial charge in [-0.1, -0.05) is 12.2 Å². The summed E-state index contributed by atoms with van der Waals surface area (Å²) in [6.45, 7) is 8.86. The molecule has 2 rings (SSSR count). The number of nitrogens with zero attached hydrogens (tertiary/aromatic N) is 1. The van der Waals surface area contributed by atoms with Crippen molar-refractivity contribution in [1.29, 1.82) is 0 Å². The normalized spacial score (nSPS) is 15.2. The van der Waals surface area contributed by atoms with E-state index in [0.29, 0.717) is 12.2 Å². The van der Waals surface area contributed by atoms with Crippen LogP contribution in [0.2, 0.25) is 0 Å². The van der Waals surface area contributed by atoms with Crippen molar-refractivity contribution in [2.45, 2.75) is 39.7 Å². The van der Waals surface area contributed by atoms with E-state index < -0.39 is 0 Å². The maximum absolute atomic E-state index is 11.7. The Morgan fingerprint density at radius 2 is 2.27 bits per heavy atom. The largest absolute Gasteiger partial charge is 0.344 e. The summed E-state index contributed by atoms with van der Waals surface area (Å²) in [4.78, 5) is 11.7. The molecule has 0 spiro atoms. The van der Waals surface area contributed by atoms with Gasteiger partial charge in [-0.05, 0) is 32.8 Å². The number of aryl methyl sites for hydroxylation is 1. The summed E-state index contributed by atoms with van der Waals surface area (Å²) in [5, 5.41) is 0. The molecule has 0 saturated carbocycles. The zero-order valence-corrected chi connectivity index (χ0v) is 9.47. The Bertz CT molecular complexity index is 426. The molecule has 0 radical (unpaired) electrons. The average molecular weight is 203 g/mol. The van der Waals surface area contributed by atoms with E-state index in [1.54, 1.807) is 0 Å². The van der Waals surface area contributed by atoms with Gasteiger partial charge in [0.2, 0.25) is 0 Å². The molecule has 0 N–H and O–H groups in total. The molecule has 1 aromatic rings. The van der Waals surface area contributed by atoms with Gasteiger partial charge < -0.3 is 4.57 Å². The van der Waals surface area contributed by atoms with Crippen molar-refractivity contribution in [1.82, 2.24) is 4.57 Å². The average Bonchev–Trinajstić information content (AvgIpc) is 2.45. The van der Waals surface area contributed by atoms with Crippen LogP contribution in [0.1, 0.15) is 41.5 Å². The topological polar surface area (TPSA) is 22.0 Å². The molecule has 1 aliphatic carbocycles. The van der Waals surface area contributed by atoms with Crippen molar-refractivity contribution >= 4 is 5.78 Å². The van der Waals surface area contributed by atoms with E-state index in [9.17, 15) is 4.79 Å². The lowest BCUT2D eigenvalue weighted by Gasteiger charge is -2.15. The fourth-order valence-corrected chi connectivity index (χ4v) is 2.28. The van der Waals surface area contributed by atoms with Gasteiger partial charge in [-0.2, -0.15) is 0 Å². The predicted molar refractivity (Wildman–Crippen MR) is 61.3 cm³/mol. The van der Waals surface area contributed by atoms with Gasteiger partial charge in [0.1, 0.15) is 0 Å². The lowest BCUT2D eigenvalue weighted by Crippen LogP contribution is -2.14. The third-order valence-corrected chi connectivity index (χ3v) is 2.96. The van der Waals surface area contributed by atoms with Crippen molar-refractivity contribution in [3.63, 3.8) is 0 Å². The molecule has 2 heteroatoms. The molecule has 1 aliphatic rings. The molecule has 0 amide bonds. The predicted octanol–water partition coefficient (Wildman–Crippen LogP) is 2.89. The molecule has 0 saturated heterocycles. The van der Waals surface area contributed by atoms with Crippen LogP contribution in [0.5, 0.6) is 0 Å². The van der Waals surface area contributed by atoms with Crippen LogP contribution in [0, 0.1) is 6.92 Å². The third kappa shape index (κ3) is 1.76. The Morgan fingerprint density at radius 1 is 1.53 bits per heavy atom. The molecular formula is C13H17NO. The monoisotopic (exact) mass is 203 g/mol. The molecule has 1 aromatic heterocycles. The lowest BCUT2D eigenvalue weighted by atomic mass is 9.96. The molecule has 15 heavy (non-hydrogen) atoms. The molecule has 0 aromatic carbocycles. The summed E-state index contributed by atoms with van der Waals surface area (Å²) in [5.74, 6) is 0.305. The van der Waals surface area contributed by atoms with E-state index in [2.05, 4.69) is 18.1 Å². The molecule has 0 bridgehead atoms. The van der Waals surface area contributed by atoms with Gasteiger partial charge in [0.05, 0.1) is 0 Å². The van der Waals surface area contributed by atoms with Crippen LogP contribution in [-0.2, 0) is 13.0 Å². The minimum absolute atomic E-state index is 0.305. The lowest BCUT2D eigenvalue weighted by molar-refractivity contribution is 0.0972. The molecule has 0 unspecified atom stereocenters. The number of allylic oxidation sites excluding steroid dienone is 1. The smallest absolute Gasteiger partial charge is 0.164 e. The molecule has 0 fully saturated rings. The first-order chi connectivity index (χ1) is 7.09. The summed E-state index contributed by atoms with van der Waals surface area (Å²) in [6.07, 6.45) is 2.73. The molecule has 0 aliphatic heterocycles. The Morgan fingerprint density at radius 3 is 2.93 bits per heavy atom. The fourth-order valence-electron chi connectivity index (χ4n) is 2.28. The second kappa shape index (κ2) is 3.69. The second-order valence-corrected chi connectivity index (χ2v) is 4.47. The SMILES string of the molecule is C=C(C)Cn1c(C)cc2c1CCCC2=O. The maximum atomic E-state index is 11.7. The third-order valence-electron chi connectivity index (χ3n) is 2.96. The van der Waals surface area contributed by atoms with Crippen LogP contribution >= 0.6 is 0 Å². The van der Waals surface area contributed by atoms with Crippen LogP contribution in [0.3, 0.4) is 0 Å². The van der Waals surface area contributed by atoms with E-state index in [-0.39, 0.29) is 0 Å².